The molecule has 162 valence electrons. The van der Waals surface area contributed by atoms with Crippen molar-refractivity contribution in [2.45, 2.75) is 31.0 Å². The summed E-state index contributed by atoms with van der Waals surface area (Å²) < 4.78 is 48.1. The van der Waals surface area contributed by atoms with Crippen molar-refractivity contribution in [1.29, 1.82) is 0 Å². The van der Waals surface area contributed by atoms with Crippen molar-refractivity contribution in [1.82, 2.24) is 14.9 Å². The number of ether oxygens (including phenoxy) is 2. The van der Waals surface area contributed by atoms with Crippen molar-refractivity contribution in [2.24, 2.45) is 5.11 Å². The molecule has 12 nitrogen and oxygen atoms in total. The Labute approximate surface area is 165 Å². The predicted molar refractivity (Wildman–Crippen MR) is 91.8 cm³/mol. The maximum Gasteiger partial charge on any atom is 0.471 e. The van der Waals surface area contributed by atoms with Crippen LogP contribution >= 0.6 is 0 Å². The van der Waals surface area contributed by atoms with Crippen molar-refractivity contribution in [2.75, 3.05) is 19.9 Å². The van der Waals surface area contributed by atoms with Crippen LogP contribution in [0, 0.1) is 11.8 Å². The van der Waals surface area contributed by atoms with Crippen LogP contribution in [0.3, 0.4) is 0 Å². The number of nitrogens with one attached hydrogen (secondary N) is 2. The molecule has 1 saturated heterocycles. The van der Waals surface area contributed by atoms with E-state index in [0.29, 0.717) is 0 Å². The Morgan fingerprint density at radius 1 is 1.53 bits per heavy atom. The quantitative estimate of drug-likeness (QED) is 0.237. The van der Waals surface area contributed by atoms with E-state index < -0.39 is 54.9 Å². The maximum absolute atomic E-state index is 12.1. The lowest BCUT2D eigenvalue weighted by atomic mass is 10.2. The van der Waals surface area contributed by atoms with Crippen LogP contribution in [-0.2, 0) is 14.3 Å². The van der Waals surface area contributed by atoms with E-state index >= 15 is 0 Å². The van der Waals surface area contributed by atoms with Gasteiger partial charge in [-0.15, -0.1) is 0 Å². The zero-order valence-electron chi connectivity index (χ0n) is 15.0. The molecule has 3 atom stereocenters. The lowest BCUT2D eigenvalue weighted by Gasteiger charge is -2.15. The van der Waals surface area contributed by atoms with E-state index in [4.69, 9.17) is 15.0 Å². The Hall–Kier alpha value is -3.31. The molecule has 2 rings (SSSR count). The highest BCUT2D eigenvalue weighted by Crippen LogP contribution is 2.29. The predicted octanol–water partition coefficient (Wildman–Crippen LogP) is -0.501. The minimum Gasteiger partial charge on any atom is -0.394 e. The first kappa shape index (κ1) is 23.0. The molecule has 1 amide bonds. The van der Waals surface area contributed by atoms with Gasteiger partial charge in [0, 0.05) is 17.5 Å². The minimum absolute atomic E-state index is 0.0621. The minimum atomic E-state index is -5.06. The van der Waals surface area contributed by atoms with Crippen LogP contribution < -0.4 is 16.6 Å². The molecule has 15 heteroatoms. The molecular formula is C15H15F3N6O6. The molecule has 1 aromatic heterocycles. The Morgan fingerprint density at radius 3 is 2.90 bits per heavy atom. The van der Waals surface area contributed by atoms with Crippen LogP contribution in [0.15, 0.2) is 20.9 Å². The molecule has 0 bridgehead atoms. The number of hydrogen-bond acceptors (Lipinski definition) is 7. The van der Waals surface area contributed by atoms with E-state index in [2.05, 4.69) is 21.9 Å². The summed E-state index contributed by atoms with van der Waals surface area (Å²) in [4.78, 5) is 39.2. The van der Waals surface area contributed by atoms with E-state index in [0.717, 1.165) is 10.8 Å². The normalized spacial score (nSPS) is 20.7. The highest BCUT2D eigenvalue weighted by molar-refractivity contribution is 5.81. The number of aliphatic hydroxyl groups is 1. The third-order valence-corrected chi connectivity index (χ3v) is 3.87. The number of aromatic nitrogens is 2. The molecule has 0 aliphatic carbocycles. The van der Waals surface area contributed by atoms with E-state index in [1.165, 1.54) is 5.32 Å². The number of rotatable bonds is 6. The van der Waals surface area contributed by atoms with Crippen molar-refractivity contribution in [3.05, 3.63) is 43.0 Å². The van der Waals surface area contributed by atoms with Gasteiger partial charge in [0.25, 0.3) is 5.56 Å². The van der Waals surface area contributed by atoms with Crippen LogP contribution in [0.2, 0.25) is 0 Å². The van der Waals surface area contributed by atoms with Crippen LogP contribution in [0.5, 0.6) is 0 Å². The number of carbonyl (C=O) groups is 1. The molecule has 0 aromatic carbocycles. The summed E-state index contributed by atoms with van der Waals surface area (Å²) in [6.45, 7) is -1.46. The zero-order chi connectivity index (χ0) is 22.3. The highest BCUT2D eigenvalue weighted by Gasteiger charge is 2.38. The topological polar surface area (TPSA) is 171 Å². The van der Waals surface area contributed by atoms with Crippen molar-refractivity contribution < 1.29 is 32.5 Å². The van der Waals surface area contributed by atoms with Gasteiger partial charge >= 0.3 is 17.8 Å². The van der Waals surface area contributed by atoms with Crippen LogP contribution in [0.25, 0.3) is 10.4 Å². The van der Waals surface area contributed by atoms with Crippen molar-refractivity contribution in [3.8, 4) is 11.8 Å². The lowest BCUT2D eigenvalue weighted by Crippen LogP contribution is -2.37. The number of alkyl halides is 3. The largest absolute Gasteiger partial charge is 0.471 e. The van der Waals surface area contributed by atoms with Gasteiger partial charge in [0.05, 0.1) is 19.3 Å². The summed E-state index contributed by atoms with van der Waals surface area (Å²) >= 11 is 0. The Kier molecular flexibility index (Phi) is 7.61. The number of aliphatic hydroxyl groups excluding tert-OH is 1. The number of amides is 1. The van der Waals surface area contributed by atoms with E-state index in [1.807, 2.05) is 4.98 Å². The van der Waals surface area contributed by atoms with Gasteiger partial charge in [-0.05, 0) is 5.53 Å². The molecule has 30 heavy (non-hydrogen) atoms. The van der Waals surface area contributed by atoms with Crippen LogP contribution in [0.1, 0.15) is 18.2 Å². The van der Waals surface area contributed by atoms with E-state index in [1.54, 1.807) is 0 Å². The van der Waals surface area contributed by atoms with Crippen LogP contribution in [-0.4, -0.2) is 58.8 Å². The fraction of sp³-hybridized carbons (Fsp3) is 0.533. The Balaban J connectivity index is 2.16. The first-order chi connectivity index (χ1) is 14.2. The second-order valence-electron chi connectivity index (χ2n) is 5.80. The van der Waals surface area contributed by atoms with Crippen LogP contribution in [0.4, 0.5) is 13.2 Å². The summed E-state index contributed by atoms with van der Waals surface area (Å²) in [5.41, 5.74) is 6.26. The zero-order valence-corrected chi connectivity index (χ0v) is 15.0. The van der Waals surface area contributed by atoms with E-state index in [-0.39, 0.29) is 18.7 Å². The summed E-state index contributed by atoms with van der Waals surface area (Å²) in [6, 6.07) is 0. The third kappa shape index (κ3) is 5.84. The fourth-order valence-corrected chi connectivity index (χ4v) is 2.52. The number of hydrogen-bond donors (Lipinski definition) is 3. The Bertz CT molecular complexity index is 1000. The summed E-state index contributed by atoms with van der Waals surface area (Å²) in [5.74, 6) is 2.26. The van der Waals surface area contributed by atoms with Gasteiger partial charge in [-0.25, -0.2) is 4.79 Å². The van der Waals surface area contributed by atoms with Gasteiger partial charge < -0.3 is 19.9 Å². The van der Waals surface area contributed by atoms with Gasteiger partial charge in [-0.2, -0.15) is 13.2 Å². The molecule has 1 aliphatic heterocycles. The molecule has 0 radical (unpaired) electrons. The van der Waals surface area contributed by atoms with Crippen molar-refractivity contribution in [3.63, 3.8) is 0 Å². The monoisotopic (exact) mass is 432 g/mol. The SMILES string of the molecule is [N-]=[N+]=NCOC1CC(n2cc(C#CCNC(=O)C(F)(F)F)c(=O)[nH]c2=O)OC1CO. The first-order valence-corrected chi connectivity index (χ1v) is 8.25. The number of H-pyrrole nitrogens is 1. The molecule has 2 heterocycles. The highest BCUT2D eigenvalue weighted by atomic mass is 19.4. The summed E-state index contributed by atoms with van der Waals surface area (Å²) in [7, 11) is 0. The first-order valence-electron chi connectivity index (χ1n) is 8.25. The third-order valence-electron chi connectivity index (χ3n) is 3.87. The second-order valence-corrected chi connectivity index (χ2v) is 5.80. The number of azide groups is 1. The smallest absolute Gasteiger partial charge is 0.394 e. The molecule has 3 N–H and O–H groups in total. The maximum atomic E-state index is 12.1. The number of halogens is 3. The van der Waals surface area contributed by atoms with Crippen molar-refractivity contribution >= 4 is 5.91 Å². The van der Waals surface area contributed by atoms with Gasteiger partial charge in [0.15, 0.2) is 0 Å². The van der Waals surface area contributed by atoms with Gasteiger partial charge in [0.1, 0.15) is 24.6 Å². The molecule has 3 unspecified atom stereocenters. The summed E-state index contributed by atoms with van der Waals surface area (Å²) in [5, 5.41) is 14.1. The molecule has 1 fully saturated rings. The molecule has 0 spiro atoms. The Morgan fingerprint density at radius 2 is 2.27 bits per heavy atom. The standard InChI is InChI=1S/C15H15F3N6O6/c16-15(17,18)13(27)20-3-1-2-8-5-24(14(28)22-12(8)26)11-4-9(10(6-25)30-11)29-7-21-23-19/h5,9-11,25H,3-4,6-7H2,(H,20,27)(H,22,26,28). The molecule has 1 aliphatic rings. The molecular weight excluding hydrogens is 417 g/mol. The number of aromatic amines is 1. The van der Waals surface area contributed by atoms with E-state index in [9.17, 15) is 32.7 Å². The van der Waals surface area contributed by atoms with Gasteiger partial charge in [-0.3, -0.25) is 19.1 Å². The molecule has 1 aromatic rings. The lowest BCUT2D eigenvalue weighted by molar-refractivity contribution is -0.173. The van der Waals surface area contributed by atoms with Gasteiger partial charge in [-0.1, -0.05) is 17.0 Å². The molecule has 0 saturated carbocycles. The number of nitrogens with zero attached hydrogens (tertiary/aromatic N) is 4. The second kappa shape index (κ2) is 9.94. The number of carbonyl (C=O) groups excluding carboxylic acids is 1. The van der Waals surface area contributed by atoms with Gasteiger partial charge in [0.2, 0.25) is 0 Å². The fourth-order valence-electron chi connectivity index (χ4n) is 2.52. The average Bonchev–Trinajstić information content (AvgIpc) is 3.08. The average molecular weight is 432 g/mol. The summed E-state index contributed by atoms with van der Waals surface area (Å²) in [6.07, 6.45) is -6.48.